The second-order valence-electron chi connectivity index (χ2n) is 8.61. The maximum absolute atomic E-state index is 12.8. The third-order valence-corrected chi connectivity index (χ3v) is 6.77. The maximum atomic E-state index is 12.8. The van der Waals surface area contributed by atoms with Crippen LogP contribution in [0.4, 0.5) is 0 Å². The first kappa shape index (κ1) is 24.8. The molecule has 0 spiro atoms. The van der Waals surface area contributed by atoms with Crippen LogP contribution in [0.3, 0.4) is 0 Å². The molecule has 2 heterocycles. The van der Waals surface area contributed by atoms with E-state index in [9.17, 15) is 14.7 Å². The normalized spacial score (nSPS) is 14.4. The highest BCUT2D eigenvalue weighted by Crippen LogP contribution is 2.41. The summed E-state index contributed by atoms with van der Waals surface area (Å²) < 4.78 is 11.5. The number of carboxylic acid groups (broad SMARTS) is 1. The third-order valence-electron chi connectivity index (χ3n) is 6.15. The molecule has 0 saturated carbocycles. The predicted molar refractivity (Wildman–Crippen MR) is 141 cm³/mol. The molecule has 6 nitrogen and oxygen atoms in total. The number of nitrogens with zero attached hydrogens (tertiary/aromatic N) is 1. The number of aliphatic carboxylic acids is 1. The molecule has 1 atom stereocenters. The molecule has 8 heteroatoms. The summed E-state index contributed by atoms with van der Waals surface area (Å²) in [6.07, 6.45) is 2.27. The number of aromatic nitrogens is 1. The Kier molecular flexibility index (Phi) is 7.12. The molecule has 1 aliphatic heterocycles. The van der Waals surface area contributed by atoms with Crippen molar-refractivity contribution in [2.75, 3.05) is 6.61 Å². The number of carbonyl (C=O) groups is 2. The maximum Gasteiger partial charge on any atom is 0.311 e. The van der Waals surface area contributed by atoms with Gasteiger partial charge in [-0.3, -0.25) is 14.6 Å². The van der Waals surface area contributed by atoms with Crippen LogP contribution in [0.5, 0.6) is 17.2 Å². The average molecular weight is 534 g/mol. The van der Waals surface area contributed by atoms with Crippen molar-refractivity contribution >= 4 is 35.0 Å². The Hall–Kier alpha value is -3.87. The van der Waals surface area contributed by atoms with Crippen LogP contribution in [0.25, 0.3) is 11.3 Å². The van der Waals surface area contributed by atoms with Gasteiger partial charge in [0, 0.05) is 40.4 Å². The van der Waals surface area contributed by atoms with Crippen molar-refractivity contribution in [2.24, 2.45) is 0 Å². The second-order valence-corrected chi connectivity index (χ2v) is 9.42. The molecule has 0 radical (unpaired) electrons. The summed E-state index contributed by atoms with van der Waals surface area (Å²) in [6, 6.07) is 21.1. The van der Waals surface area contributed by atoms with E-state index in [0.717, 1.165) is 16.8 Å². The minimum absolute atomic E-state index is 0.0567. The Labute approximate surface area is 223 Å². The van der Waals surface area contributed by atoms with Crippen LogP contribution in [0, 0.1) is 0 Å². The van der Waals surface area contributed by atoms with E-state index in [-0.39, 0.29) is 17.2 Å². The lowest BCUT2D eigenvalue weighted by Crippen LogP contribution is -2.20. The summed E-state index contributed by atoms with van der Waals surface area (Å²) in [5.41, 5.74) is 3.44. The molecule has 186 valence electrons. The lowest BCUT2D eigenvalue weighted by atomic mass is 9.93. The Morgan fingerprint density at radius 3 is 2.49 bits per heavy atom. The Bertz CT molecular complexity index is 1470. The van der Waals surface area contributed by atoms with Gasteiger partial charge in [-0.2, -0.15) is 0 Å². The predicted octanol–water partition coefficient (Wildman–Crippen LogP) is 7.22. The third kappa shape index (κ3) is 5.45. The molecule has 37 heavy (non-hydrogen) atoms. The van der Waals surface area contributed by atoms with Crippen LogP contribution in [0.15, 0.2) is 79.0 Å². The minimum atomic E-state index is -0.915. The Balaban J connectivity index is 1.26. The van der Waals surface area contributed by atoms with Crippen molar-refractivity contribution in [3.8, 4) is 28.5 Å². The molecule has 0 aliphatic carbocycles. The van der Waals surface area contributed by atoms with E-state index >= 15 is 0 Å². The number of carboxylic acids is 1. The van der Waals surface area contributed by atoms with E-state index in [2.05, 4.69) is 4.98 Å². The molecule has 0 saturated heterocycles. The van der Waals surface area contributed by atoms with Crippen LogP contribution in [0.2, 0.25) is 10.0 Å². The molecule has 1 unspecified atom stereocenters. The monoisotopic (exact) mass is 533 g/mol. The summed E-state index contributed by atoms with van der Waals surface area (Å²) in [4.78, 5) is 28.8. The van der Waals surface area contributed by atoms with Crippen LogP contribution in [-0.4, -0.2) is 28.4 Å². The fraction of sp³-hybridized carbons (Fsp3) is 0.138. The molecule has 0 fully saturated rings. The molecule has 3 aromatic carbocycles. The van der Waals surface area contributed by atoms with Gasteiger partial charge in [0.15, 0.2) is 5.78 Å². The fourth-order valence-electron chi connectivity index (χ4n) is 4.21. The molecule has 1 aromatic heterocycles. The van der Waals surface area contributed by atoms with Gasteiger partial charge < -0.3 is 14.6 Å². The first-order chi connectivity index (χ1) is 17.9. The van der Waals surface area contributed by atoms with Gasteiger partial charge in [0.25, 0.3) is 0 Å². The number of ether oxygens (including phenoxy) is 2. The van der Waals surface area contributed by atoms with E-state index in [1.807, 2.05) is 36.4 Å². The van der Waals surface area contributed by atoms with Gasteiger partial charge >= 0.3 is 5.97 Å². The lowest BCUT2D eigenvalue weighted by molar-refractivity contribution is -0.139. The number of Topliss-reactive ketones (excluding diaryl/α,β-unsaturated/α-hetero) is 1. The number of hydrogen-bond donors (Lipinski definition) is 1. The van der Waals surface area contributed by atoms with Crippen LogP contribution >= 0.6 is 23.2 Å². The zero-order valence-electron chi connectivity index (χ0n) is 19.5. The number of hydrogen-bond acceptors (Lipinski definition) is 5. The largest absolute Gasteiger partial charge is 0.493 e. The van der Waals surface area contributed by atoms with Crippen LogP contribution in [0.1, 0.15) is 33.8 Å². The van der Waals surface area contributed by atoms with Gasteiger partial charge in [-0.25, -0.2) is 0 Å². The summed E-state index contributed by atoms with van der Waals surface area (Å²) >= 11 is 12.6. The summed E-state index contributed by atoms with van der Waals surface area (Å²) in [5.74, 6) is -0.368. The van der Waals surface area contributed by atoms with Crippen LogP contribution < -0.4 is 9.47 Å². The first-order valence-electron chi connectivity index (χ1n) is 11.6. The number of fused-ring (bicyclic) bond motifs is 1. The number of halogens is 2. The molecule has 4 aromatic rings. The number of pyridine rings is 1. The number of rotatable bonds is 7. The van der Waals surface area contributed by atoms with Crippen LogP contribution in [-0.2, 0) is 11.2 Å². The first-order valence-corrected chi connectivity index (χ1v) is 12.3. The van der Waals surface area contributed by atoms with Gasteiger partial charge in [0.05, 0.1) is 23.2 Å². The highest BCUT2D eigenvalue weighted by molar-refractivity contribution is 6.33. The number of carbonyl (C=O) groups excluding carboxylic acids is 1. The van der Waals surface area contributed by atoms with Gasteiger partial charge in [0.1, 0.15) is 17.2 Å². The molecular weight excluding hydrogens is 513 g/mol. The molecule has 0 bridgehead atoms. The van der Waals surface area contributed by atoms with Gasteiger partial charge in [-0.15, -0.1) is 0 Å². The van der Waals surface area contributed by atoms with E-state index < -0.39 is 11.9 Å². The highest BCUT2D eigenvalue weighted by atomic mass is 35.5. The molecule has 5 rings (SSSR count). The van der Waals surface area contributed by atoms with Crippen molar-refractivity contribution in [1.82, 2.24) is 4.98 Å². The Morgan fingerprint density at radius 2 is 1.78 bits per heavy atom. The van der Waals surface area contributed by atoms with E-state index in [4.69, 9.17) is 32.7 Å². The standard InChI is InChI=1S/C29H21Cl2NO5/c30-23-4-2-1-3-21(23)25-10-5-17(16-32-25)13-26(33)18-6-8-19(9-7-18)37-28-15-27-22(14-24(28)31)20(29(34)35)11-12-36-27/h1-10,14-16,20H,11-13H2,(H,34,35). The summed E-state index contributed by atoms with van der Waals surface area (Å²) in [5, 5.41) is 10.3. The fourth-order valence-corrected chi connectivity index (χ4v) is 4.65. The van der Waals surface area contributed by atoms with E-state index in [0.29, 0.717) is 46.4 Å². The van der Waals surface area contributed by atoms with Crippen molar-refractivity contribution < 1.29 is 24.2 Å². The van der Waals surface area contributed by atoms with Crippen molar-refractivity contribution in [3.05, 3.63) is 106 Å². The van der Waals surface area contributed by atoms with Crippen molar-refractivity contribution in [3.63, 3.8) is 0 Å². The SMILES string of the molecule is O=C(Cc1ccc(-c2ccccc2Cl)nc1)c1ccc(Oc2cc3c(cc2Cl)C(C(=O)O)CCO3)cc1. The van der Waals surface area contributed by atoms with E-state index in [1.165, 1.54) is 0 Å². The smallest absolute Gasteiger partial charge is 0.311 e. The van der Waals surface area contributed by atoms with Gasteiger partial charge in [-0.05, 0) is 54.4 Å². The zero-order chi connectivity index (χ0) is 25.9. The number of benzene rings is 3. The summed E-state index contributed by atoms with van der Waals surface area (Å²) in [7, 11) is 0. The lowest BCUT2D eigenvalue weighted by Gasteiger charge is -2.24. The summed E-state index contributed by atoms with van der Waals surface area (Å²) in [6.45, 7) is 0.306. The zero-order valence-corrected chi connectivity index (χ0v) is 21.0. The van der Waals surface area contributed by atoms with Crippen molar-refractivity contribution in [2.45, 2.75) is 18.8 Å². The minimum Gasteiger partial charge on any atom is -0.493 e. The van der Waals surface area contributed by atoms with E-state index in [1.54, 1.807) is 42.6 Å². The second kappa shape index (κ2) is 10.6. The van der Waals surface area contributed by atoms with Crippen molar-refractivity contribution in [1.29, 1.82) is 0 Å². The molecular formula is C29H21Cl2NO5. The van der Waals surface area contributed by atoms with Gasteiger partial charge in [0.2, 0.25) is 0 Å². The molecule has 1 N–H and O–H groups in total. The highest BCUT2D eigenvalue weighted by Gasteiger charge is 2.29. The van der Waals surface area contributed by atoms with Gasteiger partial charge in [-0.1, -0.05) is 47.5 Å². The quantitative estimate of drug-likeness (QED) is 0.252. The molecule has 0 amide bonds. The Morgan fingerprint density at radius 1 is 1.00 bits per heavy atom. The topological polar surface area (TPSA) is 85.7 Å². The number of ketones is 1. The average Bonchev–Trinajstić information content (AvgIpc) is 2.90. The molecule has 1 aliphatic rings.